The molecule has 2 aromatic heterocycles. The molecule has 0 saturated carbocycles. The van der Waals surface area contributed by atoms with E-state index in [0.29, 0.717) is 6.42 Å². The lowest BCUT2D eigenvalue weighted by Crippen LogP contribution is -2.47. The number of pyridine rings is 1. The van der Waals surface area contributed by atoms with Gasteiger partial charge >= 0.3 is 0 Å². The summed E-state index contributed by atoms with van der Waals surface area (Å²) in [6, 6.07) is 8.21. The maximum atomic E-state index is 12.6. The summed E-state index contributed by atoms with van der Waals surface area (Å²) in [5.74, 6) is 1.06. The molecule has 27 heavy (non-hydrogen) atoms. The number of carbonyl (C=O) groups is 1. The van der Waals surface area contributed by atoms with E-state index in [2.05, 4.69) is 36.0 Å². The van der Waals surface area contributed by atoms with Crippen molar-refractivity contribution >= 4 is 16.8 Å². The first-order valence-corrected chi connectivity index (χ1v) is 9.35. The molecule has 6 heteroatoms. The van der Waals surface area contributed by atoms with E-state index in [1.807, 2.05) is 34.8 Å². The molecule has 0 aliphatic carbocycles. The number of amides is 1. The fraction of sp³-hybridized carbons (Fsp3) is 0.381. The lowest BCUT2D eigenvalue weighted by atomic mass is 10.0. The third-order valence-electron chi connectivity index (χ3n) is 5.34. The molecule has 3 heterocycles. The van der Waals surface area contributed by atoms with Gasteiger partial charge in [-0.25, -0.2) is 9.97 Å². The smallest absolute Gasteiger partial charge is 0.227 e. The van der Waals surface area contributed by atoms with E-state index in [9.17, 15) is 4.79 Å². The van der Waals surface area contributed by atoms with Gasteiger partial charge in [0.2, 0.25) is 5.91 Å². The van der Waals surface area contributed by atoms with Crippen molar-refractivity contribution in [3.05, 3.63) is 47.8 Å². The monoisotopic (exact) mass is 363 g/mol. The molecule has 0 radical (unpaired) electrons. The van der Waals surface area contributed by atoms with Crippen LogP contribution in [0, 0.1) is 6.92 Å². The second kappa shape index (κ2) is 7.12. The Labute approximate surface area is 159 Å². The number of carbonyl (C=O) groups excluding carboxylic acids is 1. The average molecular weight is 363 g/mol. The molecule has 4 rings (SSSR count). The number of likely N-dealkylation sites (N-methyl/N-ethyl adjacent to an activating group) is 1. The Balaban J connectivity index is 1.58. The van der Waals surface area contributed by atoms with Crippen molar-refractivity contribution in [1.29, 1.82) is 0 Å². The van der Waals surface area contributed by atoms with Crippen molar-refractivity contribution in [2.45, 2.75) is 13.3 Å². The van der Waals surface area contributed by atoms with Gasteiger partial charge < -0.3 is 14.4 Å². The first kappa shape index (κ1) is 17.7. The highest BCUT2D eigenvalue weighted by Crippen LogP contribution is 2.24. The molecule has 1 fully saturated rings. The number of aromatic nitrogens is 3. The molecule has 1 aliphatic rings. The maximum absolute atomic E-state index is 12.6. The number of hydrogen-bond acceptors (Lipinski definition) is 4. The summed E-state index contributed by atoms with van der Waals surface area (Å²) in [4.78, 5) is 26.0. The molecule has 140 valence electrons. The van der Waals surface area contributed by atoms with E-state index in [1.165, 1.54) is 0 Å². The first-order valence-electron chi connectivity index (χ1n) is 9.35. The summed E-state index contributed by atoms with van der Waals surface area (Å²) >= 11 is 0. The van der Waals surface area contributed by atoms with Crippen molar-refractivity contribution < 1.29 is 4.79 Å². The number of aryl methyl sites for hydroxylation is 2. The van der Waals surface area contributed by atoms with Crippen LogP contribution >= 0.6 is 0 Å². The zero-order valence-corrected chi connectivity index (χ0v) is 16.1. The minimum Gasteiger partial charge on any atom is -0.340 e. The van der Waals surface area contributed by atoms with Crippen LogP contribution < -0.4 is 0 Å². The van der Waals surface area contributed by atoms with Gasteiger partial charge in [-0.15, -0.1) is 0 Å². The van der Waals surface area contributed by atoms with E-state index in [0.717, 1.165) is 59.7 Å². The number of imidazole rings is 1. The van der Waals surface area contributed by atoms with Crippen LogP contribution in [-0.4, -0.2) is 63.5 Å². The topological polar surface area (TPSA) is 54.3 Å². The van der Waals surface area contributed by atoms with Crippen molar-refractivity contribution in [2.24, 2.45) is 7.05 Å². The van der Waals surface area contributed by atoms with Crippen LogP contribution in [0.1, 0.15) is 11.1 Å². The van der Waals surface area contributed by atoms with E-state index in [-0.39, 0.29) is 5.91 Å². The molecule has 0 N–H and O–H groups in total. The van der Waals surface area contributed by atoms with E-state index in [1.54, 1.807) is 6.20 Å². The van der Waals surface area contributed by atoms with Gasteiger partial charge in [0.1, 0.15) is 5.69 Å². The fourth-order valence-corrected chi connectivity index (χ4v) is 3.62. The SMILES string of the molecule is Cc1cc(-c2nccn2C)nc2ccc(CC(=O)N3CCN(C)CC3)cc12. The van der Waals surface area contributed by atoms with Crippen LogP contribution in [-0.2, 0) is 18.3 Å². The molecule has 1 aliphatic heterocycles. The fourth-order valence-electron chi connectivity index (χ4n) is 3.62. The summed E-state index contributed by atoms with van der Waals surface area (Å²) in [5.41, 5.74) is 3.99. The van der Waals surface area contributed by atoms with Crippen molar-refractivity contribution in [2.75, 3.05) is 33.2 Å². The number of nitrogens with zero attached hydrogens (tertiary/aromatic N) is 5. The van der Waals surface area contributed by atoms with Gasteiger partial charge in [-0.2, -0.15) is 0 Å². The Morgan fingerprint density at radius 3 is 2.59 bits per heavy atom. The van der Waals surface area contributed by atoms with Crippen molar-refractivity contribution in [3.8, 4) is 11.5 Å². The minimum atomic E-state index is 0.206. The molecule has 6 nitrogen and oxygen atoms in total. The third-order valence-corrected chi connectivity index (χ3v) is 5.34. The summed E-state index contributed by atoms with van der Waals surface area (Å²) in [7, 11) is 4.07. The molecular weight excluding hydrogens is 338 g/mol. The van der Waals surface area contributed by atoms with Gasteiger partial charge in [-0.3, -0.25) is 4.79 Å². The highest BCUT2D eigenvalue weighted by molar-refractivity contribution is 5.87. The Hall–Kier alpha value is -2.73. The largest absolute Gasteiger partial charge is 0.340 e. The van der Waals surface area contributed by atoms with Crippen LogP contribution in [0.3, 0.4) is 0 Å². The summed E-state index contributed by atoms with van der Waals surface area (Å²) in [6.45, 7) is 5.61. The molecule has 0 spiro atoms. The predicted molar refractivity (Wildman–Crippen MR) is 106 cm³/mol. The van der Waals surface area contributed by atoms with Gasteiger partial charge in [-0.05, 0) is 43.3 Å². The Kier molecular flexibility index (Phi) is 4.66. The Bertz CT molecular complexity index is 985. The van der Waals surface area contributed by atoms with E-state index < -0.39 is 0 Å². The summed E-state index contributed by atoms with van der Waals surface area (Å²) < 4.78 is 1.97. The molecule has 1 saturated heterocycles. The van der Waals surface area contributed by atoms with Crippen LogP contribution in [0.5, 0.6) is 0 Å². The van der Waals surface area contributed by atoms with E-state index >= 15 is 0 Å². The Morgan fingerprint density at radius 2 is 1.89 bits per heavy atom. The maximum Gasteiger partial charge on any atom is 0.227 e. The van der Waals surface area contributed by atoms with Gasteiger partial charge in [0, 0.05) is 51.0 Å². The normalized spacial score (nSPS) is 15.4. The molecular formula is C21H25N5O. The third kappa shape index (κ3) is 3.57. The standard InChI is InChI=1S/C21H25N5O/c1-15-12-19(21-22-6-7-25(21)3)23-18-5-4-16(13-17(15)18)14-20(27)26-10-8-24(2)9-11-26/h4-7,12-13H,8-11,14H2,1-3H3. The van der Waals surface area contributed by atoms with Crippen LogP contribution in [0.15, 0.2) is 36.7 Å². The summed E-state index contributed by atoms with van der Waals surface area (Å²) in [5, 5.41) is 1.09. The van der Waals surface area contributed by atoms with Gasteiger partial charge in [0.25, 0.3) is 0 Å². The number of piperazine rings is 1. The highest BCUT2D eigenvalue weighted by Gasteiger charge is 2.19. The Morgan fingerprint density at radius 1 is 1.11 bits per heavy atom. The minimum absolute atomic E-state index is 0.206. The molecule has 1 aromatic carbocycles. The molecule has 3 aromatic rings. The number of benzene rings is 1. The summed E-state index contributed by atoms with van der Waals surface area (Å²) in [6.07, 6.45) is 4.15. The molecule has 0 unspecified atom stereocenters. The van der Waals surface area contributed by atoms with Crippen LogP contribution in [0.2, 0.25) is 0 Å². The quantitative estimate of drug-likeness (QED) is 0.716. The van der Waals surface area contributed by atoms with Gasteiger partial charge in [0.05, 0.1) is 11.9 Å². The number of fused-ring (bicyclic) bond motifs is 1. The van der Waals surface area contributed by atoms with Crippen LogP contribution in [0.25, 0.3) is 22.4 Å². The second-order valence-electron chi connectivity index (χ2n) is 7.40. The highest BCUT2D eigenvalue weighted by atomic mass is 16.2. The average Bonchev–Trinajstić information content (AvgIpc) is 3.08. The zero-order chi connectivity index (χ0) is 19.0. The zero-order valence-electron chi connectivity index (χ0n) is 16.1. The van der Waals surface area contributed by atoms with Gasteiger partial charge in [0.15, 0.2) is 5.82 Å². The van der Waals surface area contributed by atoms with Gasteiger partial charge in [-0.1, -0.05) is 6.07 Å². The molecule has 1 amide bonds. The van der Waals surface area contributed by atoms with Crippen molar-refractivity contribution in [1.82, 2.24) is 24.3 Å². The molecule has 0 bridgehead atoms. The number of hydrogen-bond donors (Lipinski definition) is 0. The lowest BCUT2D eigenvalue weighted by Gasteiger charge is -2.32. The molecule has 0 atom stereocenters. The first-order chi connectivity index (χ1) is 13.0. The van der Waals surface area contributed by atoms with Crippen LogP contribution in [0.4, 0.5) is 0 Å². The number of rotatable bonds is 3. The predicted octanol–water partition coefficient (Wildman–Crippen LogP) is 2.26. The lowest BCUT2D eigenvalue weighted by molar-refractivity contribution is -0.132. The van der Waals surface area contributed by atoms with Crippen molar-refractivity contribution in [3.63, 3.8) is 0 Å². The van der Waals surface area contributed by atoms with E-state index in [4.69, 9.17) is 4.98 Å². The second-order valence-corrected chi connectivity index (χ2v) is 7.40.